The molecule has 0 bridgehead atoms. The first kappa shape index (κ1) is 18.6. The van der Waals surface area contributed by atoms with Crippen molar-refractivity contribution in [1.29, 1.82) is 0 Å². The Kier molecular flexibility index (Phi) is 5.24. The number of benzene rings is 1. The van der Waals surface area contributed by atoms with Gasteiger partial charge in [-0.2, -0.15) is 0 Å². The summed E-state index contributed by atoms with van der Waals surface area (Å²) in [5.41, 5.74) is -0.112. The van der Waals surface area contributed by atoms with Gasteiger partial charge < -0.3 is 14.4 Å². The number of fused-ring (bicyclic) bond motifs is 1. The Morgan fingerprint density at radius 1 is 1.33 bits per heavy atom. The molecular weight excluding hydrogens is 358 g/mol. The highest BCUT2D eigenvalue weighted by Gasteiger charge is 2.31. The van der Waals surface area contributed by atoms with E-state index in [1.165, 1.54) is 25.1 Å². The molecular formula is C17H19N3O7. The average Bonchev–Trinajstić information content (AvgIpc) is 3.17. The average molecular weight is 377 g/mol. The molecule has 0 radical (unpaired) electrons. The van der Waals surface area contributed by atoms with E-state index >= 15 is 0 Å². The molecule has 0 N–H and O–H groups in total. The van der Waals surface area contributed by atoms with Crippen molar-refractivity contribution in [3.63, 3.8) is 0 Å². The largest absolute Gasteiger partial charge is 0.482 e. The normalized spacial score (nSPS) is 17.1. The van der Waals surface area contributed by atoms with Gasteiger partial charge in [-0.15, -0.1) is 0 Å². The number of ether oxygens (including phenoxy) is 2. The summed E-state index contributed by atoms with van der Waals surface area (Å²) in [5.74, 6) is -1.32. The second-order valence-electron chi connectivity index (χ2n) is 6.34. The highest BCUT2D eigenvalue weighted by atomic mass is 16.6. The molecule has 3 rings (SSSR count). The predicted octanol–water partition coefficient (Wildman–Crippen LogP) is 0.874. The smallest absolute Gasteiger partial charge is 0.326 e. The summed E-state index contributed by atoms with van der Waals surface area (Å²) in [5, 5.41) is 11.0. The zero-order valence-electron chi connectivity index (χ0n) is 14.8. The van der Waals surface area contributed by atoms with Gasteiger partial charge in [-0.05, 0) is 25.8 Å². The molecule has 0 unspecified atom stereocenters. The van der Waals surface area contributed by atoms with Crippen molar-refractivity contribution in [2.45, 2.75) is 25.9 Å². The van der Waals surface area contributed by atoms with Crippen molar-refractivity contribution in [2.75, 3.05) is 31.1 Å². The molecule has 10 nitrogen and oxygen atoms in total. The predicted molar refractivity (Wildman–Crippen MR) is 92.3 cm³/mol. The second kappa shape index (κ2) is 7.60. The van der Waals surface area contributed by atoms with Crippen LogP contribution >= 0.6 is 0 Å². The van der Waals surface area contributed by atoms with Gasteiger partial charge in [0, 0.05) is 25.2 Å². The zero-order valence-corrected chi connectivity index (χ0v) is 14.8. The lowest BCUT2D eigenvalue weighted by Crippen LogP contribution is -2.44. The Labute approximate surface area is 154 Å². The summed E-state index contributed by atoms with van der Waals surface area (Å²) in [6, 6.07) is 3.79. The topological polar surface area (TPSA) is 119 Å². The van der Waals surface area contributed by atoms with E-state index in [1.807, 2.05) is 0 Å². The number of nitrogens with zero attached hydrogens (tertiary/aromatic N) is 3. The third-order valence-corrected chi connectivity index (χ3v) is 4.46. The Morgan fingerprint density at radius 2 is 2.04 bits per heavy atom. The van der Waals surface area contributed by atoms with Crippen LogP contribution < -0.4 is 9.64 Å². The number of non-ortho nitro benzene ring substituents is 1. The quantitative estimate of drug-likeness (QED) is 0.424. The van der Waals surface area contributed by atoms with Crippen molar-refractivity contribution >= 4 is 29.2 Å². The summed E-state index contributed by atoms with van der Waals surface area (Å²) in [7, 11) is 0. The fraction of sp³-hybridized carbons (Fsp3) is 0.471. The van der Waals surface area contributed by atoms with Crippen LogP contribution in [0.5, 0.6) is 5.75 Å². The number of likely N-dealkylation sites (tertiary alicyclic amines) is 1. The molecule has 0 aromatic heterocycles. The van der Waals surface area contributed by atoms with Gasteiger partial charge in [0.15, 0.2) is 12.7 Å². The summed E-state index contributed by atoms with van der Waals surface area (Å²) < 4.78 is 10.4. The minimum absolute atomic E-state index is 0.121. The molecule has 1 atom stereocenters. The van der Waals surface area contributed by atoms with Gasteiger partial charge in [0.1, 0.15) is 12.3 Å². The first-order valence-electron chi connectivity index (χ1n) is 8.56. The van der Waals surface area contributed by atoms with E-state index in [0.717, 1.165) is 17.7 Å². The van der Waals surface area contributed by atoms with Crippen LogP contribution in [-0.2, 0) is 19.1 Å². The van der Waals surface area contributed by atoms with E-state index in [0.29, 0.717) is 13.1 Å². The fourth-order valence-electron chi connectivity index (χ4n) is 3.09. The van der Waals surface area contributed by atoms with Gasteiger partial charge in [-0.1, -0.05) is 0 Å². The van der Waals surface area contributed by atoms with Crippen molar-refractivity contribution < 1.29 is 28.8 Å². The Hall–Kier alpha value is -3.17. The molecule has 2 aliphatic rings. The summed E-state index contributed by atoms with van der Waals surface area (Å²) >= 11 is 0. The van der Waals surface area contributed by atoms with Crippen molar-refractivity contribution in [2.24, 2.45) is 0 Å². The van der Waals surface area contributed by atoms with Gasteiger partial charge in [0.2, 0.25) is 0 Å². The lowest BCUT2D eigenvalue weighted by atomic mass is 10.2. The number of carbonyl (C=O) groups excluding carboxylic acids is 3. The molecule has 10 heteroatoms. The van der Waals surface area contributed by atoms with Gasteiger partial charge >= 0.3 is 5.97 Å². The molecule has 0 aliphatic carbocycles. The van der Waals surface area contributed by atoms with E-state index in [9.17, 15) is 24.5 Å². The molecule has 0 saturated carbocycles. The third kappa shape index (κ3) is 3.99. The lowest BCUT2D eigenvalue weighted by Gasteiger charge is -2.29. The van der Waals surface area contributed by atoms with E-state index in [1.54, 1.807) is 4.90 Å². The molecule has 2 heterocycles. The van der Waals surface area contributed by atoms with Crippen molar-refractivity contribution in [1.82, 2.24) is 4.90 Å². The SMILES string of the molecule is C[C@H](OC(=O)CN1C(=O)COc2ccc([N+](=O)[O-])cc21)C(=O)N1CCCC1. The lowest BCUT2D eigenvalue weighted by molar-refractivity contribution is -0.384. The van der Waals surface area contributed by atoms with Gasteiger partial charge in [-0.25, -0.2) is 0 Å². The van der Waals surface area contributed by atoms with E-state index < -0.39 is 29.4 Å². The summed E-state index contributed by atoms with van der Waals surface area (Å²) in [4.78, 5) is 49.7. The molecule has 2 amide bonds. The van der Waals surface area contributed by atoms with Gasteiger partial charge in [-0.3, -0.25) is 29.4 Å². The van der Waals surface area contributed by atoms with Crippen LogP contribution in [0.15, 0.2) is 18.2 Å². The maximum Gasteiger partial charge on any atom is 0.326 e. The number of esters is 1. The third-order valence-electron chi connectivity index (χ3n) is 4.46. The van der Waals surface area contributed by atoms with Crippen molar-refractivity contribution in [3.05, 3.63) is 28.3 Å². The fourth-order valence-corrected chi connectivity index (χ4v) is 3.09. The van der Waals surface area contributed by atoms with E-state index in [2.05, 4.69) is 0 Å². The molecule has 2 aliphatic heterocycles. The number of nitro benzene ring substituents is 1. The Morgan fingerprint density at radius 3 is 2.70 bits per heavy atom. The standard InChI is InChI=1S/C17H19N3O7/c1-11(17(23)18-6-2-3-7-18)27-16(22)9-19-13-8-12(20(24)25)4-5-14(13)26-10-15(19)21/h4-5,8,11H,2-3,6-7,9-10H2,1H3/t11-/m0/s1. The van der Waals surface area contributed by atoms with Crippen LogP contribution in [0.2, 0.25) is 0 Å². The van der Waals surface area contributed by atoms with Crippen molar-refractivity contribution in [3.8, 4) is 5.75 Å². The molecule has 27 heavy (non-hydrogen) atoms. The maximum atomic E-state index is 12.3. The number of nitro groups is 1. The Bertz CT molecular complexity index is 789. The van der Waals surface area contributed by atoms with Crippen LogP contribution in [0.25, 0.3) is 0 Å². The molecule has 1 fully saturated rings. The molecule has 0 spiro atoms. The highest BCUT2D eigenvalue weighted by molar-refractivity contribution is 6.02. The number of anilines is 1. The van der Waals surface area contributed by atoms with Gasteiger partial charge in [0.05, 0.1) is 10.6 Å². The number of hydrogen-bond donors (Lipinski definition) is 0. The Balaban J connectivity index is 1.70. The number of amides is 2. The summed E-state index contributed by atoms with van der Waals surface area (Å²) in [6.45, 7) is 2.01. The minimum atomic E-state index is -0.962. The highest BCUT2D eigenvalue weighted by Crippen LogP contribution is 2.35. The van der Waals surface area contributed by atoms with E-state index in [4.69, 9.17) is 9.47 Å². The van der Waals surface area contributed by atoms with Crippen LogP contribution in [-0.4, -0.2) is 60.0 Å². The number of carbonyl (C=O) groups is 3. The molecule has 1 aromatic carbocycles. The van der Waals surface area contributed by atoms with Crippen LogP contribution in [0.4, 0.5) is 11.4 Å². The second-order valence-corrected chi connectivity index (χ2v) is 6.34. The van der Waals surface area contributed by atoms with Gasteiger partial charge in [0.25, 0.3) is 17.5 Å². The maximum absolute atomic E-state index is 12.3. The zero-order chi connectivity index (χ0) is 19.6. The van der Waals surface area contributed by atoms with Crippen LogP contribution in [0, 0.1) is 10.1 Å². The first-order chi connectivity index (χ1) is 12.9. The molecule has 144 valence electrons. The number of hydrogen-bond acceptors (Lipinski definition) is 7. The first-order valence-corrected chi connectivity index (χ1v) is 8.56. The monoisotopic (exact) mass is 377 g/mol. The summed E-state index contributed by atoms with van der Waals surface area (Å²) in [6.07, 6.45) is 0.880. The molecule has 1 saturated heterocycles. The molecule has 1 aromatic rings. The van der Waals surface area contributed by atoms with Crippen LogP contribution in [0.1, 0.15) is 19.8 Å². The number of rotatable bonds is 5. The van der Waals surface area contributed by atoms with E-state index in [-0.39, 0.29) is 29.6 Å². The van der Waals surface area contributed by atoms with Crippen LogP contribution in [0.3, 0.4) is 0 Å². The minimum Gasteiger partial charge on any atom is -0.482 e.